The number of nitrogens with zero attached hydrogens (tertiary/aromatic N) is 2. The molecule has 4 rings (SSSR count). The van der Waals surface area contributed by atoms with Crippen LogP contribution in [-0.2, 0) is 4.79 Å². The van der Waals surface area contributed by atoms with Gasteiger partial charge in [-0.1, -0.05) is 36.4 Å². The number of pyridine rings is 1. The van der Waals surface area contributed by atoms with E-state index in [9.17, 15) is 9.59 Å². The van der Waals surface area contributed by atoms with E-state index in [2.05, 4.69) is 17.1 Å². The summed E-state index contributed by atoms with van der Waals surface area (Å²) in [5, 5.41) is 0. The average molecular weight is 346 g/mol. The van der Waals surface area contributed by atoms with Gasteiger partial charge >= 0.3 is 0 Å². The summed E-state index contributed by atoms with van der Waals surface area (Å²) >= 11 is 0. The van der Waals surface area contributed by atoms with Crippen molar-refractivity contribution in [2.75, 3.05) is 13.1 Å². The van der Waals surface area contributed by atoms with E-state index in [-0.39, 0.29) is 24.0 Å². The molecule has 132 valence electrons. The maximum Gasteiger partial charge on any atom is 0.223 e. The first-order chi connectivity index (χ1) is 12.7. The van der Waals surface area contributed by atoms with E-state index >= 15 is 0 Å². The SMILES string of the molecule is O=C1c2ccccc2C=CC1CC(=O)N1CCC(c2ccncc2)CC1. The minimum atomic E-state index is -0.338. The molecule has 1 amide bonds. The third kappa shape index (κ3) is 3.32. The molecule has 4 heteroatoms. The number of likely N-dealkylation sites (tertiary alicyclic amines) is 1. The van der Waals surface area contributed by atoms with Gasteiger partial charge in [-0.2, -0.15) is 0 Å². The molecular weight excluding hydrogens is 324 g/mol. The average Bonchev–Trinajstić information content (AvgIpc) is 2.71. The molecule has 0 spiro atoms. The Balaban J connectivity index is 1.36. The van der Waals surface area contributed by atoms with Gasteiger partial charge in [0, 0.05) is 43.4 Å². The van der Waals surface area contributed by atoms with Crippen molar-refractivity contribution < 1.29 is 9.59 Å². The fourth-order valence-corrected chi connectivity index (χ4v) is 3.95. The van der Waals surface area contributed by atoms with Crippen molar-refractivity contribution in [1.29, 1.82) is 0 Å². The molecular formula is C22H22N2O2. The number of carbonyl (C=O) groups excluding carboxylic acids is 2. The zero-order chi connectivity index (χ0) is 17.9. The van der Waals surface area contributed by atoms with Gasteiger partial charge in [0.25, 0.3) is 0 Å². The second-order valence-corrected chi connectivity index (χ2v) is 7.06. The predicted octanol–water partition coefficient (Wildman–Crippen LogP) is 3.70. The number of ketones is 1. The van der Waals surface area contributed by atoms with E-state index in [0.29, 0.717) is 5.92 Å². The van der Waals surface area contributed by atoms with Gasteiger partial charge in [0.2, 0.25) is 5.91 Å². The zero-order valence-corrected chi connectivity index (χ0v) is 14.7. The fraction of sp³-hybridized carbons (Fsp3) is 0.318. The first kappa shape index (κ1) is 16.7. The Morgan fingerprint density at radius 2 is 1.81 bits per heavy atom. The Labute approximate surface area is 153 Å². The topological polar surface area (TPSA) is 50.3 Å². The quantitative estimate of drug-likeness (QED) is 0.851. The molecule has 0 bridgehead atoms. The molecule has 2 aliphatic rings. The van der Waals surface area contributed by atoms with Crippen LogP contribution in [0.4, 0.5) is 0 Å². The highest BCUT2D eigenvalue weighted by Crippen LogP contribution is 2.29. The van der Waals surface area contributed by atoms with Crippen LogP contribution in [0.25, 0.3) is 6.08 Å². The number of fused-ring (bicyclic) bond motifs is 1. The highest BCUT2D eigenvalue weighted by molar-refractivity contribution is 6.05. The van der Waals surface area contributed by atoms with Crippen molar-refractivity contribution in [2.45, 2.75) is 25.2 Å². The molecule has 1 aromatic heterocycles. The molecule has 2 aromatic rings. The van der Waals surface area contributed by atoms with Crippen LogP contribution in [0.5, 0.6) is 0 Å². The number of piperidine rings is 1. The second kappa shape index (κ2) is 7.24. The Morgan fingerprint density at radius 1 is 1.08 bits per heavy atom. The van der Waals surface area contributed by atoms with E-state index in [4.69, 9.17) is 0 Å². The van der Waals surface area contributed by atoms with Crippen LogP contribution >= 0.6 is 0 Å². The fourth-order valence-electron chi connectivity index (χ4n) is 3.95. The largest absolute Gasteiger partial charge is 0.343 e. The van der Waals surface area contributed by atoms with Gasteiger partial charge in [-0.3, -0.25) is 14.6 Å². The van der Waals surface area contributed by atoms with Gasteiger partial charge in [-0.15, -0.1) is 0 Å². The molecule has 1 aliphatic heterocycles. The standard InChI is InChI=1S/C22H22N2O2/c25-21(15-19-6-5-18-3-1-2-4-20(18)22(19)26)24-13-9-17(10-14-24)16-7-11-23-12-8-16/h1-8,11-12,17,19H,9-10,13-15H2. The molecule has 26 heavy (non-hydrogen) atoms. The summed E-state index contributed by atoms with van der Waals surface area (Å²) < 4.78 is 0. The lowest BCUT2D eigenvalue weighted by atomic mass is 9.85. The van der Waals surface area contributed by atoms with E-state index in [0.717, 1.165) is 37.1 Å². The minimum Gasteiger partial charge on any atom is -0.343 e. The zero-order valence-electron chi connectivity index (χ0n) is 14.7. The summed E-state index contributed by atoms with van der Waals surface area (Å²) in [7, 11) is 0. The van der Waals surface area contributed by atoms with Crippen LogP contribution in [0.1, 0.15) is 46.7 Å². The highest BCUT2D eigenvalue weighted by atomic mass is 16.2. The van der Waals surface area contributed by atoms with Gasteiger partial charge in [0.1, 0.15) is 0 Å². The van der Waals surface area contributed by atoms with Crippen LogP contribution in [0.2, 0.25) is 0 Å². The van der Waals surface area contributed by atoms with E-state index in [1.54, 1.807) is 0 Å². The van der Waals surface area contributed by atoms with Crippen molar-refractivity contribution in [3.05, 3.63) is 71.6 Å². The molecule has 1 atom stereocenters. The number of amides is 1. The third-order valence-corrected chi connectivity index (χ3v) is 5.49. The van der Waals surface area contributed by atoms with E-state index in [1.165, 1.54) is 5.56 Å². The van der Waals surface area contributed by atoms with Gasteiger partial charge in [-0.25, -0.2) is 0 Å². The van der Waals surface area contributed by atoms with Gasteiger partial charge in [0.15, 0.2) is 5.78 Å². The summed E-state index contributed by atoms with van der Waals surface area (Å²) in [6, 6.07) is 11.7. The predicted molar refractivity (Wildman–Crippen MR) is 101 cm³/mol. The summed E-state index contributed by atoms with van der Waals surface area (Å²) in [4.78, 5) is 31.3. The molecule has 1 fully saturated rings. The summed E-state index contributed by atoms with van der Waals surface area (Å²) in [5.74, 6) is 0.295. The van der Waals surface area contributed by atoms with Crippen LogP contribution in [0.15, 0.2) is 54.9 Å². The van der Waals surface area contributed by atoms with Crippen molar-refractivity contribution in [2.24, 2.45) is 5.92 Å². The molecule has 0 saturated carbocycles. The monoisotopic (exact) mass is 346 g/mol. The van der Waals surface area contributed by atoms with Gasteiger partial charge in [-0.05, 0) is 42.0 Å². The number of Topliss-reactive ketones (excluding diaryl/α,β-unsaturated/α-hetero) is 1. The molecule has 2 heterocycles. The van der Waals surface area contributed by atoms with Gasteiger partial charge in [0.05, 0.1) is 0 Å². The lowest BCUT2D eigenvalue weighted by molar-refractivity contribution is -0.132. The maximum atomic E-state index is 12.7. The smallest absolute Gasteiger partial charge is 0.223 e. The summed E-state index contributed by atoms with van der Waals surface area (Å²) in [6.45, 7) is 1.51. The Bertz CT molecular complexity index is 836. The van der Waals surface area contributed by atoms with Crippen molar-refractivity contribution in [1.82, 2.24) is 9.88 Å². The Kier molecular flexibility index (Phi) is 4.65. The number of aromatic nitrogens is 1. The molecule has 1 unspecified atom stereocenters. The van der Waals surface area contributed by atoms with Crippen LogP contribution in [-0.4, -0.2) is 34.7 Å². The third-order valence-electron chi connectivity index (χ3n) is 5.49. The lowest BCUT2D eigenvalue weighted by Crippen LogP contribution is -2.39. The highest BCUT2D eigenvalue weighted by Gasteiger charge is 2.29. The van der Waals surface area contributed by atoms with Gasteiger partial charge < -0.3 is 4.90 Å². The molecule has 0 radical (unpaired) electrons. The van der Waals surface area contributed by atoms with E-state index in [1.807, 2.05) is 53.7 Å². The summed E-state index contributed by atoms with van der Waals surface area (Å²) in [5.41, 5.74) is 2.97. The van der Waals surface area contributed by atoms with Crippen molar-refractivity contribution >= 4 is 17.8 Å². The van der Waals surface area contributed by atoms with E-state index < -0.39 is 0 Å². The van der Waals surface area contributed by atoms with Crippen LogP contribution in [0, 0.1) is 5.92 Å². The first-order valence-electron chi connectivity index (χ1n) is 9.21. The molecule has 1 saturated heterocycles. The lowest BCUT2D eigenvalue weighted by Gasteiger charge is -2.33. The minimum absolute atomic E-state index is 0.0584. The van der Waals surface area contributed by atoms with Crippen LogP contribution in [0.3, 0.4) is 0 Å². The molecule has 0 N–H and O–H groups in total. The first-order valence-corrected chi connectivity index (χ1v) is 9.21. The number of hydrogen-bond donors (Lipinski definition) is 0. The number of carbonyl (C=O) groups is 2. The molecule has 1 aliphatic carbocycles. The number of rotatable bonds is 3. The van der Waals surface area contributed by atoms with Crippen molar-refractivity contribution in [3.8, 4) is 0 Å². The Morgan fingerprint density at radius 3 is 2.58 bits per heavy atom. The number of hydrogen-bond acceptors (Lipinski definition) is 3. The number of benzene rings is 1. The number of allylic oxidation sites excluding steroid dienone is 1. The molecule has 4 nitrogen and oxygen atoms in total. The molecule has 1 aromatic carbocycles. The second-order valence-electron chi connectivity index (χ2n) is 7.06. The summed E-state index contributed by atoms with van der Waals surface area (Å²) in [6.07, 6.45) is 9.69. The maximum absolute atomic E-state index is 12.7. The van der Waals surface area contributed by atoms with Crippen LogP contribution < -0.4 is 0 Å². The normalized spacial score (nSPS) is 20.1. The Hall–Kier alpha value is -2.75. The van der Waals surface area contributed by atoms with Crippen molar-refractivity contribution in [3.63, 3.8) is 0 Å².